The van der Waals surface area contributed by atoms with Gasteiger partial charge in [-0.25, -0.2) is 18.0 Å². The molecule has 41 heavy (non-hydrogen) atoms. The first kappa shape index (κ1) is 33.5. The molecule has 15 nitrogen and oxygen atoms in total. The molecule has 4 atom stereocenters. The first-order valence-corrected chi connectivity index (χ1v) is 14.3. The summed E-state index contributed by atoms with van der Waals surface area (Å²) in [6.07, 6.45) is -2.17. The number of nitrogens with zero attached hydrogens (tertiary/aromatic N) is 1. The molecule has 228 valence electrons. The minimum atomic E-state index is -5.49. The number of ether oxygens (including phenoxy) is 2. The minimum Gasteiger partial charge on any atom is -0.746 e. The summed E-state index contributed by atoms with van der Waals surface area (Å²) >= 11 is 0. The Hall–Kier alpha value is -1.98. The van der Waals surface area contributed by atoms with Crippen LogP contribution in [0.5, 0.6) is 0 Å². The summed E-state index contributed by atoms with van der Waals surface area (Å²) in [5, 5.41) is 16.7. The number of likely N-dealkylation sites (tertiary alicyclic amines) is 1. The summed E-state index contributed by atoms with van der Waals surface area (Å²) in [7, 11) is -5.49. The first-order chi connectivity index (χ1) is 19.1. The Labute approximate surface area is 264 Å². The molecule has 0 aromatic carbocycles. The third-order valence-corrected chi connectivity index (χ3v) is 6.81. The number of ketones is 1. The molecule has 2 heterocycles. The Balaban J connectivity index is 0.00000924. The van der Waals surface area contributed by atoms with Gasteiger partial charge >= 0.3 is 41.7 Å². The number of carbonyl (C=O) groups is 5. The quantitative estimate of drug-likeness (QED) is 0.124. The third kappa shape index (κ3) is 12.0. The van der Waals surface area contributed by atoms with Gasteiger partial charge in [0, 0.05) is 31.5 Å². The number of hydrogen-bond acceptors (Lipinski definition) is 11. The van der Waals surface area contributed by atoms with E-state index in [1.165, 1.54) is 4.90 Å². The third-order valence-electron chi connectivity index (χ3n) is 6.03. The minimum absolute atomic E-state index is 0. The number of amides is 4. The van der Waals surface area contributed by atoms with E-state index in [4.69, 9.17) is 12.2 Å². The van der Waals surface area contributed by atoms with Crippen LogP contribution in [0.25, 0.3) is 0 Å². The summed E-state index contributed by atoms with van der Waals surface area (Å²) in [6.45, 7) is 5.98. The van der Waals surface area contributed by atoms with Crippen LogP contribution in [0.15, 0.2) is 0 Å². The summed E-state index contributed by atoms with van der Waals surface area (Å²) in [5.41, 5.74) is -3.75. The average Bonchev–Trinajstić information content (AvgIpc) is 3.17. The molecule has 0 aromatic heterocycles. The molecule has 17 heteroatoms. The van der Waals surface area contributed by atoms with Crippen molar-refractivity contribution in [2.24, 2.45) is 17.8 Å². The van der Waals surface area contributed by atoms with Gasteiger partial charge in [0.1, 0.15) is 21.8 Å². The van der Waals surface area contributed by atoms with Crippen LogP contribution in [0.3, 0.4) is 0 Å². The van der Waals surface area contributed by atoms with Gasteiger partial charge in [-0.05, 0) is 46.0 Å². The maximum absolute atomic E-state index is 13.2. The smallest absolute Gasteiger partial charge is 0.746 e. The van der Waals surface area contributed by atoms with Crippen molar-refractivity contribution in [3.05, 3.63) is 0 Å². The summed E-state index contributed by atoms with van der Waals surface area (Å²) in [5.74, 6) is -4.96. The largest absolute Gasteiger partial charge is 1.00 e. The second-order valence-electron chi connectivity index (χ2n) is 11.2. The fraction of sp³-hybridized carbons (Fsp3) is 0.792. The van der Waals surface area contributed by atoms with E-state index < -0.39 is 87.8 Å². The monoisotopic (exact) mass is 616 g/mol. The fourth-order valence-corrected chi connectivity index (χ4v) is 4.48. The van der Waals surface area contributed by atoms with E-state index >= 15 is 0 Å². The van der Waals surface area contributed by atoms with E-state index in [2.05, 4.69) is 16.0 Å². The predicted octanol–water partition coefficient (Wildman–Crippen LogP) is -3.56. The van der Waals surface area contributed by atoms with Crippen molar-refractivity contribution in [1.82, 2.24) is 20.9 Å². The van der Waals surface area contributed by atoms with Crippen molar-refractivity contribution in [3.8, 4) is 0 Å². The van der Waals surface area contributed by atoms with E-state index in [1.54, 1.807) is 34.6 Å². The molecule has 2 aliphatic rings. The van der Waals surface area contributed by atoms with Crippen molar-refractivity contribution in [2.75, 3.05) is 26.2 Å². The Morgan fingerprint density at radius 3 is 2.29 bits per heavy atom. The standard InChI is InChI=1S/C24H40N4O11S.Na/c1-13(2)8-17(27-22(33)38-12-14-10-28(11-14)23(34)39-24(3,4)5)20(31)26-16(9-15-6-7-25-19(15)30)18(29)21(32)40(35,36)37;/h13-17,21,32H,6-12H2,1-5H3,(H,25,30)(H,26,31)(H,27,33)(H,35,36,37);/q;+1/p-1/t15-,16+,17+,21?;/m1./s1/i12D2;. The SMILES string of the molecule is [2H]C([2H])(OC(=O)N[C@@H](CC(C)C)C(=O)N[C@@H](C[C@H]1CCNC1=O)C(=O)C(O)S(=O)(=O)[O-])C1CN(C(=O)OC(C)(C)C)C1.[Na+]. The molecule has 2 saturated heterocycles. The van der Waals surface area contributed by atoms with Gasteiger partial charge in [-0.1, -0.05) is 13.8 Å². The van der Waals surface area contributed by atoms with Gasteiger partial charge in [0.25, 0.3) is 0 Å². The summed E-state index contributed by atoms with van der Waals surface area (Å²) in [4.78, 5) is 63.9. The topological polar surface area (TPSA) is 221 Å². The molecule has 0 spiro atoms. The second-order valence-corrected chi connectivity index (χ2v) is 12.7. The summed E-state index contributed by atoms with van der Waals surface area (Å²) < 4.78 is 60.2. The van der Waals surface area contributed by atoms with Crippen LogP contribution in [0.2, 0.25) is 0 Å². The maximum Gasteiger partial charge on any atom is 1.00 e. The number of nitrogens with one attached hydrogen (secondary N) is 3. The van der Waals surface area contributed by atoms with E-state index in [9.17, 15) is 42.0 Å². The molecule has 1 unspecified atom stereocenters. The van der Waals surface area contributed by atoms with Crippen LogP contribution < -0.4 is 45.5 Å². The van der Waals surface area contributed by atoms with Crippen LogP contribution in [-0.2, 0) is 34.0 Å². The number of alkyl carbamates (subject to hydrolysis) is 1. The number of rotatable bonds is 12. The van der Waals surface area contributed by atoms with Crippen molar-refractivity contribution < 1.29 is 83.8 Å². The van der Waals surface area contributed by atoms with Gasteiger partial charge in [0.15, 0.2) is 5.78 Å². The zero-order valence-electron chi connectivity index (χ0n) is 26.1. The molecule has 4 amide bonds. The van der Waals surface area contributed by atoms with Crippen molar-refractivity contribution in [2.45, 2.75) is 77.0 Å². The van der Waals surface area contributed by atoms with E-state index in [1.807, 2.05) is 0 Å². The van der Waals surface area contributed by atoms with Crippen LogP contribution in [0.4, 0.5) is 9.59 Å². The first-order valence-electron chi connectivity index (χ1n) is 13.8. The number of aliphatic hydroxyl groups is 1. The number of Topliss-reactive ketones (excluding diaryl/α,β-unsaturated/α-hetero) is 1. The molecule has 0 aromatic rings. The van der Waals surface area contributed by atoms with Crippen LogP contribution in [0.1, 0.15) is 56.6 Å². The van der Waals surface area contributed by atoms with Gasteiger partial charge in [0.2, 0.25) is 17.3 Å². The number of hydrogen-bond donors (Lipinski definition) is 4. The molecule has 0 bridgehead atoms. The van der Waals surface area contributed by atoms with Crippen molar-refractivity contribution >= 4 is 39.9 Å². The molecule has 4 N–H and O–H groups in total. The van der Waals surface area contributed by atoms with E-state index in [-0.39, 0.29) is 68.0 Å². The van der Waals surface area contributed by atoms with Gasteiger partial charge < -0.3 is 40.0 Å². The van der Waals surface area contributed by atoms with E-state index in [0.717, 1.165) is 0 Å². The van der Waals surface area contributed by atoms with Crippen molar-refractivity contribution in [1.29, 1.82) is 0 Å². The maximum atomic E-state index is 13.2. The number of carbonyl (C=O) groups excluding carboxylic acids is 5. The molecule has 2 rings (SSSR count). The molecular formula is C24H39N4NaO11S. The Morgan fingerprint density at radius 1 is 1.20 bits per heavy atom. The molecular weight excluding hydrogens is 575 g/mol. The van der Waals surface area contributed by atoms with Crippen LogP contribution >= 0.6 is 0 Å². The van der Waals surface area contributed by atoms with Crippen LogP contribution in [0, 0.1) is 17.8 Å². The fourth-order valence-electron chi connectivity index (χ4n) is 4.03. The molecule has 0 saturated carbocycles. The van der Waals surface area contributed by atoms with Gasteiger partial charge in [-0.15, -0.1) is 0 Å². The predicted molar refractivity (Wildman–Crippen MR) is 137 cm³/mol. The zero-order chi connectivity index (χ0) is 32.2. The van der Waals surface area contributed by atoms with Gasteiger partial charge in [-0.2, -0.15) is 0 Å². The molecule has 2 aliphatic heterocycles. The molecule has 0 radical (unpaired) electrons. The average molecular weight is 617 g/mol. The van der Waals surface area contributed by atoms with Crippen molar-refractivity contribution in [3.63, 3.8) is 0 Å². The molecule has 2 fully saturated rings. The Morgan fingerprint density at radius 2 is 1.80 bits per heavy atom. The Bertz CT molecular complexity index is 1160. The van der Waals surface area contributed by atoms with Gasteiger partial charge in [0.05, 0.1) is 15.3 Å². The van der Waals surface area contributed by atoms with E-state index in [0.29, 0.717) is 0 Å². The molecule has 0 aliphatic carbocycles. The van der Waals surface area contributed by atoms with Gasteiger partial charge in [-0.3, -0.25) is 14.4 Å². The number of aliphatic hydroxyl groups excluding tert-OH is 1. The normalized spacial score (nSPS) is 20.7. The summed E-state index contributed by atoms with van der Waals surface area (Å²) in [6, 6.07) is -3.18. The zero-order valence-corrected chi connectivity index (χ0v) is 26.9. The van der Waals surface area contributed by atoms with Crippen LogP contribution in [-0.4, -0.2) is 102 Å². The second kappa shape index (κ2) is 15.5. The Kier molecular flexibility index (Phi) is 12.7.